The van der Waals surface area contributed by atoms with Crippen LogP contribution in [0.2, 0.25) is 0 Å². The Morgan fingerprint density at radius 2 is 1.83 bits per heavy atom. The SMILES string of the molecule is CS(=O)(=O)N1CCN(S(=O)(=O)c2ccc(F)cc2)[C@@H](C(=O)N[C@H]2CCCNC2=O)C1. The highest BCUT2D eigenvalue weighted by Crippen LogP contribution is 2.23. The Balaban J connectivity index is 1.90. The molecule has 0 aromatic heterocycles. The third kappa shape index (κ3) is 4.79. The smallest absolute Gasteiger partial charge is 0.243 e. The summed E-state index contributed by atoms with van der Waals surface area (Å²) in [6.45, 7) is -0.296. The fourth-order valence-electron chi connectivity index (χ4n) is 3.46. The second kappa shape index (κ2) is 8.57. The highest BCUT2D eigenvalue weighted by atomic mass is 32.2. The molecule has 2 fully saturated rings. The van der Waals surface area contributed by atoms with Crippen LogP contribution in [0.3, 0.4) is 0 Å². The Labute approximate surface area is 174 Å². The standard InChI is InChI=1S/C17H23FN4O6S2/c1-29(25,26)21-9-10-22(30(27,28)13-6-4-12(18)5-7-13)15(11-21)17(24)20-14-3-2-8-19-16(14)23/h4-7,14-15H,2-3,8-11H2,1H3,(H,19,23)(H,20,24)/t14-,15+/m0/s1. The Morgan fingerprint density at radius 3 is 2.43 bits per heavy atom. The van der Waals surface area contributed by atoms with Gasteiger partial charge in [0.25, 0.3) is 0 Å². The van der Waals surface area contributed by atoms with Gasteiger partial charge in [0.2, 0.25) is 31.9 Å². The molecule has 2 atom stereocenters. The van der Waals surface area contributed by atoms with E-state index in [0.717, 1.165) is 39.1 Å². The highest BCUT2D eigenvalue weighted by molar-refractivity contribution is 7.89. The Kier molecular flexibility index (Phi) is 6.45. The summed E-state index contributed by atoms with van der Waals surface area (Å²) >= 11 is 0. The van der Waals surface area contributed by atoms with Crippen LogP contribution in [0.5, 0.6) is 0 Å². The molecular formula is C17H23FN4O6S2. The second-order valence-electron chi connectivity index (χ2n) is 7.20. The number of nitrogens with one attached hydrogen (secondary N) is 2. The van der Waals surface area contributed by atoms with Crippen molar-refractivity contribution in [1.29, 1.82) is 0 Å². The van der Waals surface area contributed by atoms with Crippen LogP contribution in [0.1, 0.15) is 12.8 Å². The molecule has 0 spiro atoms. The molecule has 2 heterocycles. The zero-order chi connectivity index (χ0) is 22.1. The maximum absolute atomic E-state index is 13.2. The molecule has 2 aliphatic heterocycles. The van der Waals surface area contributed by atoms with Crippen LogP contribution < -0.4 is 10.6 Å². The van der Waals surface area contributed by atoms with Gasteiger partial charge in [0.05, 0.1) is 11.2 Å². The van der Waals surface area contributed by atoms with Crippen molar-refractivity contribution in [2.45, 2.75) is 29.8 Å². The monoisotopic (exact) mass is 462 g/mol. The Hall–Kier alpha value is -2.09. The molecule has 30 heavy (non-hydrogen) atoms. The lowest BCUT2D eigenvalue weighted by molar-refractivity contribution is -0.132. The number of hydrogen-bond acceptors (Lipinski definition) is 6. The molecule has 2 saturated heterocycles. The van der Waals surface area contributed by atoms with Gasteiger partial charge in [0, 0.05) is 26.2 Å². The summed E-state index contributed by atoms with van der Waals surface area (Å²) in [5.74, 6) is -1.76. The average Bonchev–Trinajstić information content (AvgIpc) is 2.69. The molecule has 2 amide bonds. The van der Waals surface area contributed by atoms with Crippen molar-refractivity contribution >= 4 is 31.9 Å². The van der Waals surface area contributed by atoms with Crippen LogP contribution in [0, 0.1) is 5.82 Å². The minimum atomic E-state index is -4.21. The van der Waals surface area contributed by atoms with E-state index in [1.165, 1.54) is 0 Å². The number of sulfonamides is 2. The van der Waals surface area contributed by atoms with Gasteiger partial charge in [0.15, 0.2) is 0 Å². The molecule has 2 N–H and O–H groups in total. The largest absolute Gasteiger partial charge is 0.354 e. The number of carbonyl (C=O) groups is 2. The van der Waals surface area contributed by atoms with E-state index in [4.69, 9.17) is 0 Å². The fourth-order valence-corrected chi connectivity index (χ4v) is 5.86. The summed E-state index contributed by atoms with van der Waals surface area (Å²) in [5, 5.41) is 5.15. The van der Waals surface area contributed by atoms with Gasteiger partial charge in [-0.1, -0.05) is 0 Å². The van der Waals surface area contributed by atoms with Crippen molar-refractivity contribution in [2.24, 2.45) is 0 Å². The van der Waals surface area contributed by atoms with Gasteiger partial charge in [-0.15, -0.1) is 0 Å². The predicted octanol–water partition coefficient (Wildman–Crippen LogP) is -1.14. The molecule has 1 aromatic rings. The lowest BCUT2D eigenvalue weighted by atomic mass is 10.1. The number of carbonyl (C=O) groups excluding carboxylic acids is 2. The van der Waals surface area contributed by atoms with Gasteiger partial charge in [0.1, 0.15) is 17.9 Å². The zero-order valence-corrected chi connectivity index (χ0v) is 17.9. The number of halogens is 1. The zero-order valence-electron chi connectivity index (χ0n) is 16.2. The Morgan fingerprint density at radius 1 is 1.17 bits per heavy atom. The summed E-state index contributed by atoms with van der Waals surface area (Å²) in [5.41, 5.74) is 0. The Bertz CT molecular complexity index is 1030. The van der Waals surface area contributed by atoms with Crippen LogP contribution in [0.15, 0.2) is 29.2 Å². The summed E-state index contributed by atoms with van der Waals surface area (Å²) in [4.78, 5) is 24.7. The average molecular weight is 463 g/mol. The van der Waals surface area contributed by atoms with Gasteiger partial charge in [-0.25, -0.2) is 21.2 Å². The van der Waals surface area contributed by atoms with Crippen molar-refractivity contribution in [3.05, 3.63) is 30.1 Å². The molecule has 3 rings (SSSR count). The van der Waals surface area contributed by atoms with Crippen molar-refractivity contribution in [3.63, 3.8) is 0 Å². The normalized spacial score (nSPS) is 24.3. The third-order valence-electron chi connectivity index (χ3n) is 5.09. The number of rotatable bonds is 5. The number of hydrogen-bond donors (Lipinski definition) is 2. The van der Waals surface area contributed by atoms with Crippen LogP contribution in [0.25, 0.3) is 0 Å². The van der Waals surface area contributed by atoms with Crippen molar-refractivity contribution in [1.82, 2.24) is 19.2 Å². The number of nitrogens with zero attached hydrogens (tertiary/aromatic N) is 2. The first-order valence-electron chi connectivity index (χ1n) is 9.31. The van der Waals surface area contributed by atoms with Crippen LogP contribution in [-0.2, 0) is 29.6 Å². The summed E-state index contributed by atoms with van der Waals surface area (Å²) in [7, 11) is -7.88. The summed E-state index contributed by atoms with van der Waals surface area (Å²) < 4.78 is 65.3. The first-order valence-corrected chi connectivity index (χ1v) is 12.6. The summed E-state index contributed by atoms with van der Waals surface area (Å²) in [6, 6.07) is 1.93. The molecule has 0 bridgehead atoms. The van der Waals surface area contributed by atoms with Crippen LogP contribution in [-0.4, -0.2) is 81.8 Å². The second-order valence-corrected chi connectivity index (χ2v) is 11.1. The lowest BCUT2D eigenvalue weighted by Gasteiger charge is -2.39. The molecule has 10 nitrogen and oxygen atoms in total. The maximum Gasteiger partial charge on any atom is 0.243 e. The molecule has 13 heteroatoms. The van der Waals surface area contributed by atoms with E-state index in [-0.39, 0.29) is 30.4 Å². The molecule has 0 unspecified atom stereocenters. The van der Waals surface area contributed by atoms with Crippen molar-refractivity contribution in [2.75, 3.05) is 32.4 Å². The van der Waals surface area contributed by atoms with Gasteiger partial charge in [-0.3, -0.25) is 9.59 Å². The molecule has 166 valence electrons. The van der Waals surface area contributed by atoms with Crippen molar-refractivity contribution < 1.29 is 30.8 Å². The van der Waals surface area contributed by atoms with E-state index in [1.54, 1.807) is 0 Å². The maximum atomic E-state index is 13.2. The summed E-state index contributed by atoms with van der Waals surface area (Å²) in [6.07, 6.45) is 2.01. The molecule has 0 aliphatic carbocycles. The first kappa shape index (κ1) is 22.6. The minimum absolute atomic E-state index is 0.132. The lowest BCUT2D eigenvalue weighted by Crippen LogP contribution is -2.63. The molecule has 0 saturated carbocycles. The first-order chi connectivity index (χ1) is 14.0. The van der Waals surface area contributed by atoms with Crippen LogP contribution >= 0.6 is 0 Å². The number of benzene rings is 1. The van der Waals surface area contributed by atoms with Gasteiger partial charge in [-0.05, 0) is 37.1 Å². The van der Waals surface area contributed by atoms with E-state index in [2.05, 4.69) is 10.6 Å². The van der Waals surface area contributed by atoms with E-state index in [0.29, 0.717) is 19.4 Å². The van der Waals surface area contributed by atoms with Gasteiger partial charge >= 0.3 is 0 Å². The topological polar surface area (TPSA) is 133 Å². The van der Waals surface area contributed by atoms with Gasteiger partial charge in [-0.2, -0.15) is 8.61 Å². The number of piperidine rings is 1. The molecule has 1 aromatic carbocycles. The number of piperazine rings is 1. The van der Waals surface area contributed by atoms with Crippen molar-refractivity contribution in [3.8, 4) is 0 Å². The highest BCUT2D eigenvalue weighted by Gasteiger charge is 2.43. The van der Waals surface area contributed by atoms with Crippen LogP contribution in [0.4, 0.5) is 4.39 Å². The van der Waals surface area contributed by atoms with E-state index in [9.17, 15) is 30.8 Å². The molecular weight excluding hydrogens is 439 g/mol. The minimum Gasteiger partial charge on any atom is -0.354 e. The van der Waals surface area contributed by atoms with E-state index in [1.807, 2.05) is 0 Å². The predicted molar refractivity (Wildman–Crippen MR) is 105 cm³/mol. The third-order valence-corrected chi connectivity index (χ3v) is 8.28. The fraction of sp³-hybridized carbons (Fsp3) is 0.529. The quantitative estimate of drug-likeness (QED) is 0.568. The van der Waals surface area contributed by atoms with Gasteiger partial charge < -0.3 is 10.6 Å². The molecule has 2 aliphatic rings. The van der Waals surface area contributed by atoms with E-state index < -0.39 is 43.9 Å². The molecule has 0 radical (unpaired) electrons. The number of amides is 2. The van der Waals surface area contributed by atoms with E-state index >= 15 is 0 Å².